The predicted molar refractivity (Wildman–Crippen MR) is 107 cm³/mol. The van der Waals surface area contributed by atoms with Crippen molar-refractivity contribution in [2.75, 3.05) is 11.9 Å². The molecule has 0 radical (unpaired) electrons. The zero-order valence-electron chi connectivity index (χ0n) is 16.7. The largest absolute Gasteiger partial charge is 0.459 e. The Kier molecular flexibility index (Phi) is 6.56. The van der Waals surface area contributed by atoms with Crippen molar-refractivity contribution in [1.29, 1.82) is 0 Å². The molecular weight excluding hydrogens is 372 g/mol. The maximum atomic E-state index is 12.8. The number of carbonyl (C=O) groups is 2. The van der Waals surface area contributed by atoms with Crippen LogP contribution in [0.4, 0.5) is 5.69 Å². The molecule has 8 heteroatoms. The number of hydrogen-bond acceptors (Lipinski definition) is 7. The van der Waals surface area contributed by atoms with Crippen LogP contribution in [0, 0.1) is 0 Å². The first kappa shape index (κ1) is 20.5. The van der Waals surface area contributed by atoms with Crippen LogP contribution in [0.25, 0.3) is 11.7 Å². The monoisotopic (exact) mass is 396 g/mol. The Bertz CT molecular complexity index is 965. The fourth-order valence-electron chi connectivity index (χ4n) is 2.92. The van der Waals surface area contributed by atoms with Gasteiger partial charge in [-0.2, -0.15) is 0 Å². The second-order valence-corrected chi connectivity index (χ2v) is 6.75. The zero-order chi connectivity index (χ0) is 20.8. The number of Topliss-reactive ketones (excluding diaryl/α,β-unsaturated/α-hetero) is 1. The van der Waals surface area contributed by atoms with Gasteiger partial charge in [-0.25, -0.2) is 0 Å². The molecule has 29 heavy (non-hydrogen) atoms. The molecule has 2 heterocycles. The highest BCUT2D eigenvalue weighted by molar-refractivity contribution is 5.98. The van der Waals surface area contributed by atoms with E-state index in [-0.39, 0.29) is 11.7 Å². The lowest BCUT2D eigenvalue weighted by atomic mass is 10.1. The van der Waals surface area contributed by atoms with E-state index in [2.05, 4.69) is 15.5 Å². The first-order valence-electron chi connectivity index (χ1n) is 9.50. The van der Waals surface area contributed by atoms with Gasteiger partial charge in [0.15, 0.2) is 11.5 Å². The molecule has 1 N–H and O–H groups in total. The van der Waals surface area contributed by atoms with E-state index in [1.54, 1.807) is 36.4 Å². The number of ketones is 1. The third-order valence-electron chi connectivity index (χ3n) is 4.51. The molecule has 0 fully saturated rings. The molecule has 1 aromatic carbocycles. The molecule has 152 valence electrons. The van der Waals surface area contributed by atoms with Gasteiger partial charge in [0.25, 0.3) is 5.89 Å². The van der Waals surface area contributed by atoms with Crippen LogP contribution in [-0.4, -0.2) is 39.4 Å². The normalized spacial score (nSPS) is 12.1. The van der Waals surface area contributed by atoms with Gasteiger partial charge in [-0.3, -0.25) is 14.5 Å². The minimum Gasteiger partial charge on any atom is -0.459 e. The molecule has 0 unspecified atom stereocenters. The summed E-state index contributed by atoms with van der Waals surface area (Å²) in [5.41, 5.74) is 1.14. The fourth-order valence-corrected chi connectivity index (χ4v) is 2.92. The van der Waals surface area contributed by atoms with Crippen LogP contribution in [-0.2, 0) is 11.3 Å². The predicted octanol–water partition coefficient (Wildman–Crippen LogP) is 3.77. The Hall–Kier alpha value is -3.26. The summed E-state index contributed by atoms with van der Waals surface area (Å²) in [6.07, 6.45) is 2.40. The lowest BCUT2D eigenvalue weighted by Gasteiger charge is -2.26. The summed E-state index contributed by atoms with van der Waals surface area (Å²) in [4.78, 5) is 26.3. The molecule has 0 saturated carbocycles. The first-order chi connectivity index (χ1) is 14.0. The maximum Gasteiger partial charge on any atom is 0.283 e. The molecule has 1 amide bonds. The second kappa shape index (κ2) is 9.29. The number of nitrogens with one attached hydrogen (secondary N) is 1. The van der Waals surface area contributed by atoms with Gasteiger partial charge in [-0.15, -0.1) is 10.2 Å². The number of hydrogen-bond donors (Lipinski definition) is 1. The van der Waals surface area contributed by atoms with Crippen LogP contribution in [0.2, 0.25) is 0 Å². The quantitative estimate of drug-likeness (QED) is 0.549. The van der Waals surface area contributed by atoms with E-state index < -0.39 is 6.04 Å². The van der Waals surface area contributed by atoms with Gasteiger partial charge in [0.05, 0.1) is 18.8 Å². The Balaban J connectivity index is 1.68. The second-order valence-electron chi connectivity index (χ2n) is 6.75. The Morgan fingerprint density at radius 3 is 2.72 bits per heavy atom. The summed E-state index contributed by atoms with van der Waals surface area (Å²) in [5.74, 6) is 0.986. The van der Waals surface area contributed by atoms with Gasteiger partial charge >= 0.3 is 0 Å². The van der Waals surface area contributed by atoms with E-state index in [1.165, 1.54) is 13.2 Å². The van der Waals surface area contributed by atoms with E-state index in [0.717, 1.165) is 6.42 Å². The van der Waals surface area contributed by atoms with Crippen LogP contribution in [0.3, 0.4) is 0 Å². The third kappa shape index (κ3) is 5.17. The number of anilines is 1. The summed E-state index contributed by atoms with van der Waals surface area (Å²) in [7, 11) is 0. The average molecular weight is 396 g/mol. The smallest absolute Gasteiger partial charge is 0.283 e. The Labute approximate surface area is 168 Å². The minimum atomic E-state index is -0.435. The van der Waals surface area contributed by atoms with Gasteiger partial charge < -0.3 is 14.2 Å². The Morgan fingerprint density at radius 2 is 2.03 bits per heavy atom. The molecular formula is C21H24N4O4. The summed E-state index contributed by atoms with van der Waals surface area (Å²) in [5, 5.41) is 10.9. The molecule has 8 nitrogen and oxygen atoms in total. The highest BCUT2D eigenvalue weighted by atomic mass is 16.4. The molecule has 2 aromatic heterocycles. The summed E-state index contributed by atoms with van der Waals surface area (Å²) in [6.45, 7) is 6.37. The summed E-state index contributed by atoms with van der Waals surface area (Å²) in [6, 6.07) is 9.95. The number of nitrogens with zero attached hydrogens (tertiary/aromatic N) is 3. The highest BCUT2D eigenvalue weighted by Crippen LogP contribution is 2.19. The molecule has 0 saturated heterocycles. The van der Waals surface area contributed by atoms with E-state index in [0.29, 0.717) is 41.9 Å². The number of amides is 1. The number of furan rings is 1. The van der Waals surface area contributed by atoms with Gasteiger partial charge in [-0.1, -0.05) is 19.1 Å². The van der Waals surface area contributed by atoms with Crippen molar-refractivity contribution in [1.82, 2.24) is 15.1 Å². The van der Waals surface area contributed by atoms with Crippen LogP contribution >= 0.6 is 0 Å². The topological polar surface area (TPSA) is 101 Å². The van der Waals surface area contributed by atoms with Crippen molar-refractivity contribution in [3.63, 3.8) is 0 Å². The molecule has 3 rings (SSSR count). The van der Waals surface area contributed by atoms with E-state index >= 15 is 0 Å². The number of rotatable bonds is 9. The first-order valence-corrected chi connectivity index (χ1v) is 9.50. The SMILES string of the molecule is CCCN(Cc1nnc(-c2ccco2)o1)[C@H](C)C(=O)Nc1cccc(C(C)=O)c1. The van der Waals surface area contributed by atoms with Crippen molar-refractivity contribution in [2.45, 2.75) is 39.8 Å². The van der Waals surface area contributed by atoms with Gasteiger partial charge in [0, 0.05) is 11.3 Å². The summed E-state index contributed by atoms with van der Waals surface area (Å²) >= 11 is 0. The average Bonchev–Trinajstić information content (AvgIpc) is 3.39. The van der Waals surface area contributed by atoms with Crippen molar-refractivity contribution in [3.8, 4) is 11.7 Å². The van der Waals surface area contributed by atoms with Crippen LogP contribution < -0.4 is 5.32 Å². The van der Waals surface area contributed by atoms with Crippen molar-refractivity contribution in [2.24, 2.45) is 0 Å². The van der Waals surface area contributed by atoms with E-state index in [9.17, 15) is 9.59 Å². The van der Waals surface area contributed by atoms with Crippen molar-refractivity contribution in [3.05, 3.63) is 54.1 Å². The molecule has 3 aromatic rings. The van der Waals surface area contributed by atoms with Crippen molar-refractivity contribution < 1.29 is 18.4 Å². The van der Waals surface area contributed by atoms with Gasteiger partial charge in [-0.05, 0) is 51.1 Å². The van der Waals surface area contributed by atoms with Crippen molar-refractivity contribution >= 4 is 17.4 Å². The molecule has 0 bridgehead atoms. The number of benzene rings is 1. The third-order valence-corrected chi connectivity index (χ3v) is 4.51. The lowest BCUT2D eigenvalue weighted by molar-refractivity contribution is -0.121. The van der Waals surface area contributed by atoms with Crippen LogP contribution in [0.1, 0.15) is 43.4 Å². The lowest BCUT2D eigenvalue weighted by Crippen LogP contribution is -2.42. The van der Waals surface area contributed by atoms with Gasteiger partial charge in [0.1, 0.15) is 0 Å². The molecule has 0 aliphatic rings. The molecule has 1 atom stereocenters. The number of aromatic nitrogens is 2. The molecule has 0 aliphatic heterocycles. The molecule has 0 spiro atoms. The Morgan fingerprint density at radius 1 is 1.21 bits per heavy atom. The van der Waals surface area contributed by atoms with Crippen LogP contribution in [0.15, 0.2) is 51.5 Å². The van der Waals surface area contributed by atoms with E-state index in [1.807, 2.05) is 18.7 Å². The standard InChI is InChI=1S/C21H24N4O4/c1-4-10-25(13-19-23-24-21(29-19)18-9-6-11-28-18)14(2)20(27)22-17-8-5-7-16(12-17)15(3)26/h5-9,11-12,14H,4,10,13H2,1-3H3,(H,22,27)/t14-/m1/s1. The zero-order valence-corrected chi connectivity index (χ0v) is 16.7. The van der Waals surface area contributed by atoms with Gasteiger partial charge in [0.2, 0.25) is 11.8 Å². The van der Waals surface area contributed by atoms with E-state index in [4.69, 9.17) is 8.83 Å². The number of carbonyl (C=O) groups excluding carboxylic acids is 2. The summed E-state index contributed by atoms with van der Waals surface area (Å²) < 4.78 is 10.9. The molecule has 0 aliphatic carbocycles. The maximum absolute atomic E-state index is 12.8. The van der Waals surface area contributed by atoms with Crippen LogP contribution in [0.5, 0.6) is 0 Å². The minimum absolute atomic E-state index is 0.0505. The fraction of sp³-hybridized carbons (Fsp3) is 0.333. The highest BCUT2D eigenvalue weighted by Gasteiger charge is 2.23.